The Hall–Kier alpha value is -2.70. The Morgan fingerprint density at radius 3 is 2.83 bits per heavy atom. The van der Waals surface area contributed by atoms with Gasteiger partial charge in [-0.05, 0) is 36.8 Å². The predicted octanol–water partition coefficient (Wildman–Crippen LogP) is 4.41. The zero-order valence-electron chi connectivity index (χ0n) is 17.5. The van der Waals surface area contributed by atoms with Crippen molar-refractivity contribution in [2.45, 2.75) is 52.4 Å². The summed E-state index contributed by atoms with van der Waals surface area (Å²) >= 11 is 0. The number of hydrogen-bond donors (Lipinski definition) is 1. The highest BCUT2D eigenvalue weighted by atomic mass is 15.3. The van der Waals surface area contributed by atoms with Crippen molar-refractivity contribution >= 4 is 28.5 Å². The third kappa shape index (κ3) is 3.12. The molecule has 1 fully saturated rings. The van der Waals surface area contributed by atoms with Gasteiger partial charge in [-0.15, -0.1) is 0 Å². The Balaban J connectivity index is 1.45. The van der Waals surface area contributed by atoms with E-state index in [9.17, 15) is 0 Å². The third-order valence-corrected chi connectivity index (χ3v) is 7.00. The highest BCUT2D eigenvalue weighted by molar-refractivity contribution is 5.87. The highest BCUT2D eigenvalue weighted by Crippen LogP contribution is 2.39. The monoisotopic (exact) mass is 391 g/mol. The van der Waals surface area contributed by atoms with Gasteiger partial charge in [0.2, 0.25) is 0 Å². The Morgan fingerprint density at radius 1 is 1.21 bits per heavy atom. The quantitative estimate of drug-likeness (QED) is 0.713. The minimum Gasteiger partial charge on any atom is -0.355 e. The van der Waals surface area contributed by atoms with Crippen LogP contribution in [0.4, 0.5) is 17.3 Å². The van der Waals surface area contributed by atoms with Crippen LogP contribution in [0.25, 0.3) is 11.2 Å². The molecule has 2 aliphatic rings. The topological polar surface area (TPSA) is 73.8 Å². The van der Waals surface area contributed by atoms with Crippen LogP contribution in [0.5, 0.6) is 0 Å². The van der Waals surface area contributed by atoms with Gasteiger partial charge < -0.3 is 9.80 Å². The molecule has 0 radical (unpaired) electrons. The van der Waals surface area contributed by atoms with Gasteiger partial charge in [-0.25, -0.2) is 9.97 Å². The van der Waals surface area contributed by atoms with Gasteiger partial charge in [0.1, 0.15) is 5.82 Å². The summed E-state index contributed by atoms with van der Waals surface area (Å²) in [6.45, 7) is 9.91. The van der Waals surface area contributed by atoms with Gasteiger partial charge in [-0.2, -0.15) is 5.10 Å². The number of aromatic amines is 1. The normalized spacial score (nSPS) is 21.4. The number of H-pyrrole nitrogens is 1. The van der Waals surface area contributed by atoms with Gasteiger partial charge in [0.15, 0.2) is 17.0 Å². The number of anilines is 3. The second kappa shape index (κ2) is 6.97. The minimum atomic E-state index is 0.457. The minimum absolute atomic E-state index is 0.457. The van der Waals surface area contributed by atoms with Crippen LogP contribution in [0.1, 0.15) is 58.1 Å². The van der Waals surface area contributed by atoms with Gasteiger partial charge >= 0.3 is 0 Å². The average molecular weight is 392 g/mol. The fourth-order valence-corrected chi connectivity index (χ4v) is 4.57. The summed E-state index contributed by atoms with van der Waals surface area (Å²) in [7, 11) is 0. The van der Waals surface area contributed by atoms with Crippen LogP contribution >= 0.6 is 0 Å². The first-order valence-corrected chi connectivity index (χ1v) is 10.8. The van der Waals surface area contributed by atoms with Crippen LogP contribution in [-0.4, -0.2) is 44.8 Å². The first-order valence-electron chi connectivity index (χ1n) is 10.8. The van der Waals surface area contributed by atoms with Crippen LogP contribution in [0.15, 0.2) is 24.5 Å². The number of pyridine rings is 1. The Labute approximate surface area is 171 Å². The van der Waals surface area contributed by atoms with Gasteiger partial charge in [0.25, 0.3) is 0 Å². The molecule has 1 unspecified atom stereocenters. The van der Waals surface area contributed by atoms with E-state index in [4.69, 9.17) is 9.97 Å². The maximum absolute atomic E-state index is 4.86. The van der Waals surface area contributed by atoms with Crippen molar-refractivity contribution in [2.24, 2.45) is 5.41 Å². The molecule has 0 aliphatic carbocycles. The average Bonchev–Trinajstić information content (AvgIpc) is 3.18. The van der Waals surface area contributed by atoms with E-state index >= 15 is 0 Å². The number of piperidine rings is 1. The molecule has 3 aromatic heterocycles. The largest absolute Gasteiger partial charge is 0.355 e. The Kier molecular flexibility index (Phi) is 4.41. The number of nitrogens with one attached hydrogen (secondary N) is 1. The molecule has 152 valence electrons. The predicted molar refractivity (Wildman–Crippen MR) is 116 cm³/mol. The van der Waals surface area contributed by atoms with Crippen molar-refractivity contribution in [1.29, 1.82) is 0 Å². The fraction of sp³-hybridized carbons (Fsp3) is 0.545. The molecule has 2 aliphatic heterocycles. The third-order valence-electron chi connectivity index (χ3n) is 7.00. The molecule has 3 aromatic rings. The maximum atomic E-state index is 4.86. The molecule has 0 aromatic carbocycles. The molecule has 5 rings (SSSR count). The van der Waals surface area contributed by atoms with Crippen LogP contribution in [0, 0.1) is 5.41 Å². The molecule has 0 saturated carbocycles. The summed E-state index contributed by atoms with van der Waals surface area (Å²) in [6, 6.07) is 4.11. The number of nitrogens with zero attached hydrogens (tertiary/aromatic N) is 6. The van der Waals surface area contributed by atoms with Crippen molar-refractivity contribution < 1.29 is 0 Å². The Bertz CT molecular complexity index is 1020. The highest BCUT2D eigenvalue weighted by Gasteiger charge is 2.30. The maximum Gasteiger partial charge on any atom is 0.183 e. The lowest BCUT2D eigenvalue weighted by atomic mass is 9.78. The second-order valence-electron chi connectivity index (χ2n) is 8.87. The van der Waals surface area contributed by atoms with Gasteiger partial charge in [-0.3, -0.25) is 10.1 Å². The number of hydrogen-bond acceptors (Lipinski definition) is 6. The molecule has 1 saturated heterocycles. The summed E-state index contributed by atoms with van der Waals surface area (Å²) < 4.78 is 0. The molecule has 29 heavy (non-hydrogen) atoms. The van der Waals surface area contributed by atoms with Crippen LogP contribution in [0.2, 0.25) is 0 Å². The van der Waals surface area contributed by atoms with Crippen molar-refractivity contribution in [2.75, 3.05) is 29.4 Å². The molecule has 0 amide bonds. The number of rotatable bonds is 3. The van der Waals surface area contributed by atoms with Crippen LogP contribution in [-0.2, 0) is 0 Å². The van der Waals surface area contributed by atoms with Crippen molar-refractivity contribution in [1.82, 2.24) is 25.1 Å². The van der Waals surface area contributed by atoms with Gasteiger partial charge in [0, 0.05) is 31.7 Å². The van der Waals surface area contributed by atoms with E-state index < -0.39 is 0 Å². The van der Waals surface area contributed by atoms with Gasteiger partial charge in [0.05, 0.1) is 17.6 Å². The summed E-state index contributed by atoms with van der Waals surface area (Å²) in [5, 5.41) is 7.72. The molecule has 7 heteroatoms. The van der Waals surface area contributed by atoms with E-state index in [1.165, 1.54) is 19.3 Å². The molecule has 0 spiro atoms. The fourth-order valence-electron chi connectivity index (χ4n) is 4.57. The smallest absolute Gasteiger partial charge is 0.183 e. The first kappa shape index (κ1) is 18.3. The first-order chi connectivity index (χ1) is 14.1. The molecule has 5 heterocycles. The van der Waals surface area contributed by atoms with E-state index in [2.05, 4.69) is 51.8 Å². The molecule has 0 bridgehead atoms. The standard InChI is InChI=1S/C22H29N7/c1-4-22(3)8-12-28(13-9-22)17-14-24-19-20(25-17)26-27-21(19)29-11-7-15(2)18-16(29)6-5-10-23-18/h5-6,10,14-15H,4,7-9,11-13H2,1-3H3,(H,25,26,27). The molecular weight excluding hydrogens is 362 g/mol. The van der Waals surface area contributed by atoms with E-state index in [-0.39, 0.29) is 0 Å². The molecule has 7 nitrogen and oxygen atoms in total. The van der Waals surface area contributed by atoms with E-state index in [0.29, 0.717) is 11.3 Å². The summed E-state index contributed by atoms with van der Waals surface area (Å²) in [5.74, 6) is 2.25. The zero-order chi connectivity index (χ0) is 20.0. The number of fused-ring (bicyclic) bond motifs is 2. The molecule has 1 N–H and O–H groups in total. The van der Waals surface area contributed by atoms with Gasteiger partial charge in [-0.1, -0.05) is 27.2 Å². The van der Waals surface area contributed by atoms with Crippen molar-refractivity contribution in [3.8, 4) is 0 Å². The van der Waals surface area contributed by atoms with Crippen LogP contribution in [0.3, 0.4) is 0 Å². The molecular formula is C22H29N7. The summed E-state index contributed by atoms with van der Waals surface area (Å²) in [4.78, 5) is 18.8. The van der Waals surface area contributed by atoms with E-state index in [1.807, 2.05) is 18.5 Å². The van der Waals surface area contributed by atoms with Crippen LogP contribution < -0.4 is 9.80 Å². The van der Waals surface area contributed by atoms with Crippen molar-refractivity contribution in [3.63, 3.8) is 0 Å². The zero-order valence-corrected chi connectivity index (χ0v) is 17.5. The Morgan fingerprint density at radius 2 is 2.03 bits per heavy atom. The second-order valence-corrected chi connectivity index (χ2v) is 8.87. The van der Waals surface area contributed by atoms with Crippen molar-refractivity contribution in [3.05, 3.63) is 30.2 Å². The lowest BCUT2D eigenvalue weighted by Gasteiger charge is -2.39. The van der Waals surface area contributed by atoms with E-state index in [0.717, 1.165) is 60.2 Å². The SMILES string of the molecule is CCC1(C)CCN(c2cnc3c(N4CCC(C)c5ncccc54)n[nH]c3n2)CC1. The van der Waals surface area contributed by atoms with E-state index in [1.54, 1.807) is 0 Å². The summed E-state index contributed by atoms with van der Waals surface area (Å²) in [6.07, 6.45) is 8.47. The molecule has 1 atom stereocenters. The number of aromatic nitrogens is 5. The lowest BCUT2D eigenvalue weighted by Crippen LogP contribution is -2.38. The lowest BCUT2D eigenvalue weighted by molar-refractivity contribution is 0.238. The summed E-state index contributed by atoms with van der Waals surface area (Å²) in [5.41, 5.74) is 4.30.